The van der Waals surface area contributed by atoms with Gasteiger partial charge in [0, 0.05) is 13.2 Å². The molecule has 2 atom stereocenters. The highest BCUT2D eigenvalue weighted by molar-refractivity contribution is 6.21. The monoisotopic (exact) mass is 266 g/mol. The van der Waals surface area contributed by atoms with Crippen LogP contribution in [0.5, 0.6) is 0 Å². The maximum Gasteiger partial charge on any atom is 0.0617 e. The first-order valence-corrected chi connectivity index (χ1v) is 7.56. The molecule has 0 bridgehead atoms. The van der Waals surface area contributed by atoms with E-state index in [1.54, 1.807) is 0 Å². The lowest BCUT2D eigenvalue weighted by atomic mass is 9.82. The fourth-order valence-electron chi connectivity index (χ4n) is 2.65. The first kappa shape index (κ1) is 13.9. The van der Waals surface area contributed by atoms with Crippen molar-refractivity contribution < 1.29 is 4.74 Å². The van der Waals surface area contributed by atoms with Gasteiger partial charge in [0.25, 0.3) is 0 Å². The molecule has 2 rings (SSSR count). The Morgan fingerprint density at radius 3 is 2.94 bits per heavy atom. The Morgan fingerprint density at radius 2 is 2.11 bits per heavy atom. The van der Waals surface area contributed by atoms with Gasteiger partial charge in [-0.15, -0.1) is 11.6 Å². The lowest BCUT2D eigenvalue weighted by Gasteiger charge is -2.29. The molecular weight excluding hydrogens is 244 g/mol. The number of fused-ring (bicyclic) bond motifs is 1. The second kappa shape index (κ2) is 7.16. The molecule has 2 heteroatoms. The van der Waals surface area contributed by atoms with Gasteiger partial charge in [0.15, 0.2) is 0 Å². The molecule has 18 heavy (non-hydrogen) atoms. The Hall–Kier alpha value is -0.530. The van der Waals surface area contributed by atoms with Crippen molar-refractivity contribution in [3.8, 4) is 0 Å². The van der Waals surface area contributed by atoms with Gasteiger partial charge in [-0.2, -0.15) is 0 Å². The van der Waals surface area contributed by atoms with Crippen LogP contribution in [-0.2, 0) is 11.2 Å². The summed E-state index contributed by atoms with van der Waals surface area (Å²) in [6.07, 6.45) is 5.82. The molecule has 1 aromatic carbocycles. The van der Waals surface area contributed by atoms with E-state index in [2.05, 4.69) is 31.2 Å². The van der Waals surface area contributed by atoms with E-state index in [9.17, 15) is 0 Å². The van der Waals surface area contributed by atoms with Crippen LogP contribution in [0, 0.1) is 5.92 Å². The quantitative estimate of drug-likeness (QED) is 0.534. The number of aryl methyl sites for hydroxylation is 1. The van der Waals surface area contributed by atoms with Crippen LogP contribution in [-0.4, -0.2) is 13.2 Å². The number of hydrogen-bond donors (Lipinski definition) is 0. The minimum absolute atomic E-state index is 0.171. The molecule has 1 aromatic rings. The first-order chi connectivity index (χ1) is 8.83. The third-order valence-corrected chi connectivity index (χ3v) is 4.42. The summed E-state index contributed by atoms with van der Waals surface area (Å²) in [5, 5.41) is 0.171. The van der Waals surface area contributed by atoms with Crippen LogP contribution in [0.3, 0.4) is 0 Å². The third kappa shape index (κ3) is 3.49. The molecule has 0 N–H and O–H groups in total. The molecule has 0 radical (unpaired) electrons. The summed E-state index contributed by atoms with van der Waals surface area (Å²) in [5.41, 5.74) is 2.77. The van der Waals surface area contributed by atoms with E-state index in [0.717, 1.165) is 26.1 Å². The summed E-state index contributed by atoms with van der Waals surface area (Å²) >= 11 is 6.60. The summed E-state index contributed by atoms with van der Waals surface area (Å²) in [7, 11) is 0. The number of alkyl halides is 1. The molecule has 1 nitrogen and oxygen atoms in total. The zero-order valence-electron chi connectivity index (χ0n) is 11.2. The van der Waals surface area contributed by atoms with E-state index in [1.807, 2.05) is 0 Å². The Balaban J connectivity index is 1.82. The summed E-state index contributed by atoms with van der Waals surface area (Å²) in [6, 6.07) is 8.58. The molecule has 1 aliphatic rings. The second-order valence-corrected chi connectivity index (χ2v) is 5.62. The van der Waals surface area contributed by atoms with Gasteiger partial charge in [0.1, 0.15) is 0 Å². The molecule has 0 saturated heterocycles. The highest BCUT2D eigenvalue weighted by Crippen LogP contribution is 2.40. The predicted octanol–water partition coefficient (Wildman–Crippen LogP) is 4.74. The van der Waals surface area contributed by atoms with Gasteiger partial charge < -0.3 is 4.74 Å². The smallest absolute Gasteiger partial charge is 0.0617 e. The number of ether oxygens (including phenoxy) is 1. The zero-order chi connectivity index (χ0) is 12.8. The van der Waals surface area contributed by atoms with Crippen molar-refractivity contribution in [2.24, 2.45) is 5.92 Å². The normalized spacial score (nSPS) is 22.8. The SMILES string of the molecule is CCCCOCCC1CCc2ccccc2C1Cl. The number of hydrogen-bond acceptors (Lipinski definition) is 1. The molecule has 0 aliphatic heterocycles. The van der Waals surface area contributed by atoms with Gasteiger partial charge in [-0.25, -0.2) is 0 Å². The van der Waals surface area contributed by atoms with Gasteiger partial charge >= 0.3 is 0 Å². The van der Waals surface area contributed by atoms with Crippen LogP contribution < -0.4 is 0 Å². The predicted molar refractivity (Wildman–Crippen MR) is 77.2 cm³/mol. The van der Waals surface area contributed by atoms with Gasteiger partial charge in [0.2, 0.25) is 0 Å². The molecule has 0 aromatic heterocycles. The molecule has 0 spiro atoms. The second-order valence-electron chi connectivity index (χ2n) is 5.15. The fraction of sp³-hybridized carbons (Fsp3) is 0.625. The molecule has 2 unspecified atom stereocenters. The first-order valence-electron chi connectivity index (χ1n) is 7.12. The highest BCUT2D eigenvalue weighted by Gasteiger charge is 2.27. The maximum atomic E-state index is 6.60. The molecule has 0 fully saturated rings. The Kier molecular flexibility index (Phi) is 5.52. The summed E-state index contributed by atoms with van der Waals surface area (Å²) in [6.45, 7) is 3.94. The van der Waals surface area contributed by atoms with Crippen molar-refractivity contribution in [3.63, 3.8) is 0 Å². The van der Waals surface area contributed by atoms with Crippen molar-refractivity contribution in [3.05, 3.63) is 35.4 Å². The largest absolute Gasteiger partial charge is 0.381 e. The minimum Gasteiger partial charge on any atom is -0.381 e. The van der Waals surface area contributed by atoms with E-state index in [0.29, 0.717) is 5.92 Å². The number of halogens is 1. The van der Waals surface area contributed by atoms with E-state index in [-0.39, 0.29) is 5.38 Å². The lowest BCUT2D eigenvalue weighted by molar-refractivity contribution is 0.114. The van der Waals surface area contributed by atoms with Gasteiger partial charge in [-0.3, -0.25) is 0 Å². The zero-order valence-corrected chi connectivity index (χ0v) is 12.0. The van der Waals surface area contributed by atoms with Crippen molar-refractivity contribution in [1.29, 1.82) is 0 Å². The molecule has 1 aliphatic carbocycles. The average molecular weight is 267 g/mol. The van der Waals surface area contributed by atoms with Gasteiger partial charge in [0.05, 0.1) is 5.38 Å². The summed E-state index contributed by atoms with van der Waals surface area (Å²) < 4.78 is 5.65. The molecule has 0 saturated carbocycles. The third-order valence-electron chi connectivity index (χ3n) is 3.83. The summed E-state index contributed by atoms with van der Waals surface area (Å²) in [4.78, 5) is 0. The van der Waals surface area contributed by atoms with Crippen molar-refractivity contribution >= 4 is 11.6 Å². The van der Waals surface area contributed by atoms with E-state index in [1.165, 1.54) is 30.4 Å². The standard InChI is InChI=1S/C16H23ClO/c1-2-3-11-18-12-10-14-9-8-13-6-4-5-7-15(13)16(14)17/h4-7,14,16H,2-3,8-12H2,1H3. The number of unbranched alkanes of at least 4 members (excludes halogenated alkanes) is 1. The molecule has 0 amide bonds. The average Bonchev–Trinajstić information content (AvgIpc) is 2.41. The van der Waals surface area contributed by atoms with Crippen LogP contribution in [0.2, 0.25) is 0 Å². The minimum atomic E-state index is 0.171. The van der Waals surface area contributed by atoms with Crippen LogP contribution in [0.4, 0.5) is 0 Å². The van der Waals surface area contributed by atoms with E-state index < -0.39 is 0 Å². The number of benzene rings is 1. The van der Waals surface area contributed by atoms with Crippen molar-refractivity contribution in [2.75, 3.05) is 13.2 Å². The van der Waals surface area contributed by atoms with Crippen molar-refractivity contribution in [1.82, 2.24) is 0 Å². The number of rotatable bonds is 6. The Morgan fingerprint density at radius 1 is 1.28 bits per heavy atom. The molecule has 0 heterocycles. The highest BCUT2D eigenvalue weighted by atomic mass is 35.5. The van der Waals surface area contributed by atoms with Gasteiger partial charge in [-0.1, -0.05) is 37.6 Å². The van der Waals surface area contributed by atoms with Crippen LogP contribution in [0.1, 0.15) is 49.1 Å². The van der Waals surface area contributed by atoms with Crippen LogP contribution in [0.25, 0.3) is 0 Å². The topological polar surface area (TPSA) is 9.23 Å². The Bertz CT molecular complexity index is 364. The fourth-order valence-corrected chi connectivity index (χ4v) is 3.11. The van der Waals surface area contributed by atoms with Crippen LogP contribution in [0.15, 0.2) is 24.3 Å². The lowest BCUT2D eigenvalue weighted by Crippen LogP contribution is -2.18. The summed E-state index contributed by atoms with van der Waals surface area (Å²) in [5.74, 6) is 0.572. The van der Waals surface area contributed by atoms with Crippen molar-refractivity contribution in [2.45, 2.75) is 44.4 Å². The maximum absolute atomic E-state index is 6.60. The molecule has 100 valence electrons. The van der Waals surface area contributed by atoms with E-state index >= 15 is 0 Å². The Labute approximate surface area is 115 Å². The van der Waals surface area contributed by atoms with Gasteiger partial charge in [-0.05, 0) is 42.7 Å². The van der Waals surface area contributed by atoms with E-state index in [4.69, 9.17) is 16.3 Å². The van der Waals surface area contributed by atoms with Crippen LogP contribution >= 0.6 is 11.6 Å². The molecular formula is C16H23ClO.